The fourth-order valence-electron chi connectivity index (χ4n) is 7.52. The molecule has 57 heavy (non-hydrogen) atoms. The summed E-state index contributed by atoms with van der Waals surface area (Å²) in [5.74, 6) is 1.68. The van der Waals surface area contributed by atoms with Crippen LogP contribution in [0.1, 0.15) is 273 Å². The number of ether oxygens (including phenoxy) is 3. The normalized spacial score (nSPS) is 13.1. The second-order valence-corrected chi connectivity index (χ2v) is 18.4. The Bertz CT molecular complexity index is 887. The number of carbonyl (C=O) groups excluding carboxylic acids is 3. The van der Waals surface area contributed by atoms with Crippen molar-refractivity contribution in [2.75, 3.05) is 13.2 Å². The lowest BCUT2D eigenvalue weighted by molar-refractivity contribution is -0.167. The van der Waals surface area contributed by atoms with Crippen molar-refractivity contribution in [1.82, 2.24) is 0 Å². The van der Waals surface area contributed by atoms with Crippen molar-refractivity contribution < 1.29 is 28.6 Å². The lowest BCUT2D eigenvalue weighted by Crippen LogP contribution is -2.30. The lowest BCUT2D eigenvalue weighted by Gasteiger charge is -2.18. The molecule has 0 heterocycles. The summed E-state index contributed by atoms with van der Waals surface area (Å²) >= 11 is 0. The number of esters is 3. The van der Waals surface area contributed by atoms with E-state index in [1.165, 1.54) is 154 Å². The number of unbranched alkanes of at least 4 members (excludes halogenated alkanes) is 25. The predicted molar refractivity (Wildman–Crippen MR) is 243 cm³/mol. The second kappa shape index (κ2) is 42.5. The zero-order chi connectivity index (χ0) is 42.0. The Kier molecular flexibility index (Phi) is 41.3. The van der Waals surface area contributed by atoms with Gasteiger partial charge in [-0.25, -0.2) is 0 Å². The van der Waals surface area contributed by atoms with Crippen LogP contribution in [0.4, 0.5) is 0 Å². The Balaban J connectivity index is 4.35. The molecule has 0 bridgehead atoms. The SMILES string of the molecule is CCC(C)CCCCCCCCCCCCC(=O)OC[C@@H](COC(=O)CCCCCCCCCCC(C)CC)OC(=O)CCCCCCCCCCCCC(C)C. The highest BCUT2D eigenvalue weighted by Gasteiger charge is 2.19. The summed E-state index contributed by atoms with van der Waals surface area (Å²) in [6, 6.07) is 0. The lowest BCUT2D eigenvalue weighted by atomic mass is 9.99. The van der Waals surface area contributed by atoms with Crippen LogP contribution in [0.3, 0.4) is 0 Å². The molecule has 0 aliphatic carbocycles. The third-order valence-electron chi connectivity index (χ3n) is 12.1. The van der Waals surface area contributed by atoms with E-state index in [4.69, 9.17) is 14.2 Å². The highest BCUT2D eigenvalue weighted by molar-refractivity contribution is 5.71. The Morgan fingerprint density at radius 1 is 0.351 bits per heavy atom. The van der Waals surface area contributed by atoms with Gasteiger partial charge in [0.25, 0.3) is 0 Å². The van der Waals surface area contributed by atoms with Gasteiger partial charge >= 0.3 is 17.9 Å². The first kappa shape index (κ1) is 55.4. The molecule has 0 aromatic rings. The molecular formula is C51H98O6. The van der Waals surface area contributed by atoms with Crippen molar-refractivity contribution in [2.45, 2.75) is 279 Å². The molecule has 0 aliphatic heterocycles. The zero-order valence-corrected chi connectivity index (χ0v) is 39.1. The fraction of sp³-hybridized carbons (Fsp3) is 0.941. The van der Waals surface area contributed by atoms with Gasteiger partial charge in [0.1, 0.15) is 13.2 Å². The van der Waals surface area contributed by atoms with Crippen molar-refractivity contribution in [1.29, 1.82) is 0 Å². The van der Waals surface area contributed by atoms with Crippen LogP contribution in [-0.2, 0) is 28.6 Å². The Morgan fingerprint density at radius 3 is 0.912 bits per heavy atom. The van der Waals surface area contributed by atoms with E-state index in [1.807, 2.05) is 0 Å². The molecule has 0 amide bonds. The molecule has 0 aliphatic rings. The van der Waals surface area contributed by atoms with Gasteiger partial charge in [0, 0.05) is 19.3 Å². The van der Waals surface area contributed by atoms with Crippen LogP contribution in [0.15, 0.2) is 0 Å². The average Bonchev–Trinajstić information content (AvgIpc) is 3.19. The maximum Gasteiger partial charge on any atom is 0.306 e. The minimum atomic E-state index is -0.763. The molecule has 0 aromatic heterocycles. The van der Waals surface area contributed by atoms with Crippen LogP contribution < -0.4 is 0 Å². The molecule has 0 spiro atoms. The highest BCUT2D eigenvalue weighted by Crippen LogP contribution is 2.18. The standard InChI is InChI=1S/C51H98O6/c1-7-46(5)38-32-26-20-14-10-12-15-22-28-34-40-49(52)55-43-48(44-56-50(53)41-35-29-23-18-17-21-27-33-39-47(6)8-2)57-51(54)42-36-30-24-16-11-9-13-19-25-31-37-45(3)4/h45-48H,7-44H2,1-6H3/t46?,47?,48-/m0/s1. The fourth-order valence-corrected chi connectivity index (χ4v) is 7.52. The Labute approximate surface area is 355 Å². The first-order chi connectivity index (χ1) is 27.7. The van der Waals surface area contributed by atoms with E-state index >= 15 is 0 Å². The third-order valence-corrected chi connectivity index (χ3v) is 12.1. The molecular weight excluding hydrogens is 709 g/mol. The second-order valence-electron chi connectivity index (χ2n) is 18.4. The van der Waals surface area contributed by atoms with Gasteiger partial charge in [0.2, 0.25) is 0 Å². The van der Waals surface area contributed by atoms with Crippen molar-refractivity contribution in [2.24, 2.45) is 17.8 Å². The predicted octanol–water partition coefficient (Wildman–Crippen LogP) is 16.0. The molecule has 6 heteroatoms. The van der Waals surface area contributed by atoms with Crippen LogP contribution in [0, 0.1) is 17.8 Å². The largest absolute Gasteiger partial charge is 0.462 e. The van der Waals surface area contributed by atoms with Gasteiger partial charge in [-0.1, -0.05) is 234 Å². The number of hydrogen-bond donors (Lipinski definition) is 0. The van der Waals surface area contributed by atoms with Crippen LogP contribution >= 0.6 is 0 Å². The number of carbonyl (C=O) groups is 3. The van der Waals surface area contributed by atoms with Gasteiger partial charge in [-0.05, 0) is 37.0 Å². The summed E-state index contributed by atoms with van der Waals surface area (Å²) in [5.41, 5.74) is 0. The van der Waals surface area contributed by atoms with Gasteiger partial charge in [-0.15, -0.1) is 0 Å². The number of hydrogen-bond acceptors (Lipinski definition) is 6. The van der Waals surface area contributed by atoms with E-state index in [-0.39, 0.29) is 31.1 Å². The maximum atomic E-state index is 12.8. The van der Waals surface area contributed by atoms with Gasteiger partial charge in [-0.2, -0.15) is 0 Å². The molecule has 0 rings (SSSR count). The molecule has 0 saturated carbocycles. The molecule has 338 valence electrons. The molecule has 0 aromatic carbocycles. The number of rotatable bonds is 44. The van der Waals surface area contributed by atoms with Crippen LogP contribution in [-0.4, -0.2) is 37.2 Å². The zero-order valence-electron chi connectivity index (χ0n) is 39.1. The summed E-state index contributed by atoms with van der Waals surface area (Å²) in [7, 11) is 0. The average molecular weight is 807 g/mol. The first-order valence-electron chi connectivity index (χ1n) is 25.2. The molecule has 6 nitrogen and oxygen atoms in total. The van der Waals surface area contributed by atoms with Crippen molar-refractivity contribution in [3.05, 3.63) is 0 Å². The summed E-state index contributed by atoms with van der Waals surface area (Å²) in [5, 5.41) is 0. The summed E-state index contributed by atoms with van der Waals surface area (Å²) < 4.78 is 16.8. The quantitative estimate of drug-likeness (QED) is 0.0347. The highest BCUT2D eigenvalue weighted by atomic mass is 16.6. The monoisotopic (exact) mass is 807 g/mol. The third kappa shape index (κ3) is 42.3. The molecule has 0 N–H and O–H groups in total. The van der Waals surface area contributed by atoms with Crippen LogP contribution in [0.5, 0.6) is 0 Å². The molecule has 2 unspecified atom stereocenters. The van der Waals surface area contributed by atoms with E-state index in [9.17, 15) is 14.4 Å². The van der Waals surface area contributed by atoms with Crippen molar-refractivity contribution >= 4 is 17.9 Å². The topological polar surface area (TPSA) is 78.9 Å². The first-order valence-corrected chi connectivity index (χ1v) is 25.2. The summed E-state index contributed by atoms with van der Waals surface area (Å²) in [4.78, 5) is 37.9. The molecule has 0 radical (unpaired) electrons. The van der Waals surface area contributed by atoms with Gasteiger partial charge < -0.3 is 14.2 Å². The van der Waals surface area contributed by atoms with Gasteiger partial charge in [-0.3, -0.25) is 14.4 Å². The minimum absolute atomic E-state index is 0.0654. The Hall–Kier alpha value is -1.59. The minimum Gasteiger partial charge on any atom is -0.462 e. The van der Waals surface area contributed by atoms with E-state index in [2.05, 4.69) is 41.5 Å². The molecule has 0 fully saturated rings. The summed E-state index contributed by atoms with van der Waals surface area (Å²) in [6.45, 7) is 13.7. The smallest absolute Gasteiger partial charge is 0.306 e. The van der Waals surface area contributed by atoms with Gasteiger partial charge in [0.15, 0.2) is 6.10 Å². The van der Waals surface area contributed by atoms with E-state index in [0.29, 0.717) is 19.3 Å². The van der Waals surface area contributed by atoms with E-state index in [0.717, 1.165) is 75.5 Å². The molecule has 0 saturated heterocycles. The van der Waals surface area contributed by atoms with Crippen molar-refractivity contribution in [3.63, 3.8) is 0 Å². The van der Waals surface area contributed by atoms with Crippen molar-refractivity contribution in [3.8, 4) is 0 Å². The van der Waals surface area contributed by atoms with Gasteiger partial charge in [0.05, 0.1) is 0 Å². The summed E-state index contributed by atoms with van der Waals surface area (Å²) in [6.07, 6.45) is 40.7. The van der Waals surface area contributed by atoms with Crippen LogP contribution in [0.2, 0.25) is 0 Å². The van der Waals surface area contributed by atoms with E-state index < -0.39 is 6.10 Å². The molecule has 3 atom stereocenters. The van der Waals surface area contributed by atoms with Crippen LogP contribution in [0.25, 0.3) is 0 Å². The maximum absolute atomic E-state index is 12.8. The van der Waals surface area contributed by atoms with E-state index in [1.54, 1.807) is 0 Å². The Morgan fingerprint density at radius 2 is 0.614 bits per heavy atom.